The third-order valence-corrected chi connectivity index (χ3v) is 4.03. The van der Waals surface area contributed by atoms with Crippen molar-refractivity contribution < 1.29 is 4.39 Å². The van der Waals surface area contributed by atoms with Crippen molar-refractivity contribution in [1.29, 1.82) is 0 Å². The van der Waals surface area contributed by atoms with Crippen LogP contribution in [-0.2, 0) is 5.75 Å². The van der Waals surface area contributed by atoms with Gasteiger partial charge in [-0.3, -0.25) is 0 Å². The normalized spacial score (nSPS) is 10.6. The molecule has 0 aliphatic carbocycles. The molecule has 0 atom stereocenters. The van der Waals surface area contributed by atoms with Crippen molar-refractivity contribution >= 4 is 29.1 Å². The molecule has 0 heterocycles. The molecular formula is C14H13ClFNS. The molecule has 2 rings (SSSR count). The smallest absolute Gasteiger partial charge is 0.127 e. The second-order valence-corrected chi connectivity index (χ2v) is 5.46. The highest BCUT2D eigenvalue weighted by atomic mass is 35.5. The van der Waals surface area contributed by atoms with Crippen LogP contribution in [0.4, 0.5) is 10.1 Å². The van der Waals surface area contributed by atoms with E-state index in [1.165, 1.54) is 17.8 Å². The van der Waals surface area contributed by atoms with E-state index in [1.54, 1.807) is 12.1 Å². The van der Waals surface area contributed by atoms with Crippen LogP contribution in [0.5, 0.6) is 0 Å². The van der Waals surface area contributed by atoms with Gasteiger partial charge in [-0.15, -0.1) is 11.8 Å². The Hall–Kier alpha value is -1.19. The van der Waals surface area contributed by atoms with Crippen molar-refractivity contribution in [2.24, 2.45) is 0 Å². The van der Waals surface area contributed by atoms with Crippen molar-refractivity contribution in [2.75, 3.05) is 5.73 Å². The monoisotopic (exact) mass is 281 g/mol. The number of hydrogen-bond donors (Lipinski definition) is 1. The van der Waals surface area contributed by atoms with E-state index < -0.39 is 0 Å². The van der Waals surface area contributed by atoms with Crippen LogP contribution in [0.1, 0.15) is 11.1 Å². The lowest BCUT2D eigenvalue weighted by atomic mass is 10.2. The van der Waals surface area contributed by atoms with E-state index in [9.17, 15) is 4.39 Å². The summed E-state index contributed by atoms with van der Waals surface area (Å²) in [5.41, 5.74) is 8.35. The minimum absolute atomic E-state index is 0.238. The minimum atomic E-state index is -0.238. The second kappa shape index (κ2) is 5.63. The predicted octanol–water partition coefficient (Wildman–Crippen LogP) is 4.66. The number of thioether (sulfide) groups is 1. The fourth-order valence-corrected chi connectivity index (χ4v) is 2.81. The molecule has 0 spiro atoms. The average molecular weight is 282 g/mol. The fourth-order valence-electron chi connectivity index (χ4n) is 1.59. The van der Waals surface area contributed by atoms with Gasteiger partial charge in [-0.1, -0.05) is 23.7 Å². The summed E-state index contributed by atoms with van der Waals surface area (Å²) in [4.78, 5) is 0.967. The number of benzene rings is 2. The number of aryl methyl sites for hydroxylation is 1. The Labute approximate surface area is 115 Å². The molecule has 0 saturated heterocycles. The van der Waals surface area contributed by atoms with Crippen LogP contribution in [0.2, 0.25) is 5.02 Å². The SMILES string of the molecule is Cc1cccc(SCc2cc(Cl)ccc2F)c1N. The van der Waals surface area contributed by atoms with Gasteiger partial charge in [0.2, 0.25) is 0 Å². The van der Waals surface area contributed by atoms with Crippen molar-refractivity contribution in [1.82, 2.24) is 0 Å². The molecular weight excluding hydrogens is 269 g/mol. The van der Waals surface area contributed by atoms with Crippen molar-refractivity contribution in [2.45, 2.75) is 17.6 Å². The third kappa shape index (κ3) is 2.98. The Balaban J connectivity index is 2.16. The molecule has 18 heavy (non-hydrogen) atoms. The number of anilines is 1. The first kappa shape index (κ1) is 13.2. The lowest BCUT2D eigenvalue weighted by Gasteiger charge is -2.08. The molecule has 0 unspecified atom stereocenters. The largest absolute Gasteiger partial charge is 0.398 e. The highest BCUT2D eigenvalue weighted by molar-refractivity contribution is 7.98. The molecule has 2 aromatic carbocycles. The Kier molecular flexibility index (Phi) is 4.15. The van der Waals surface area contributed by atoms with E-state index in [0.717, 1.165) is 16.1 Å². The standard InChI is InChI=1S/C14H13ClFNS/c1-9-3-2-4-13(14(9)17)18-8-10-7-11(15)5-6-12(10)16/h2-7H,8,17H2,1H3. The number of nitrogens with two attached hydrogens (primary N) is 1. The lowest BCUT2D eigenvalue weighted by molar-refractivity contribution is 0.617. The predicted molar refractivity (Wildman–Crippen MR) is 76.6 cm³/mol. The maximum atomic E-state index is 13.5. The van der Waals surface area contributed by atoms with Gasteiger partial charge in [0, 0.05) is 21.4 Å². The van der Waals surface area contributed by atoms with E-state index in [-0.39, 0.29) is 5.82 Å². The number of halogens is 2. The first-order valence-electron chi connectivity index (χ1n) is 5.50. The van der Waals surface area contributed by atoms with E-state index >= 15 is 0 Å². The highest BCUT2D eigenvalue weighted by Crippen LogP contribution is 2.31. The van der Waals surface area contributed by atoms with Gasteiger partial charge in [-0.25, -0.2) is 4.39 Å². The van der Waals surface area contributed by atoms with Crippen LogP contribution in [0.25, 0.3) is 0 Å². The van der Waals surface area contributed by atoms with Gasteiger partial charge in [-0.05, 0) is 42.3 Å². The van der Waals surface area contributed by atoms with Crippen molar-refractivity contribution in [3.05, 3.63) is 58.4 Å². The molecule has 0 bridgehead atoms. The van der Waals surface area contributed by atoms with E-state index in [2.05, 4.69) is 0 Å². The first-order valence-corrected chi connectivity index (χ1v) is 6.86. The molecule has 0 aliphatic rings. The van der Waals surface area contributed by atoms with Gasteiger partial charge in [0.05, 0.1) is 0 Å². The zero-order valence-corrected chi connectivity index (χ0v) is 11.5. The maximum absolute atomic E-state index is 13.5. The third-order valence-electron chi connectivity index (χ3n) is 2.68. The summed E-state index contributed by atoms with van der Waals surface area (Å²) in [6.45, 7) is 1.96. The molecule has 0 radical (unpaired) electrons. The zero-order chi connectivity index (χ0) is 13.1. The Morgan fingerprint density at radius 3 is 2.83 bits per heavy atom. The van der Waals surface area contributed by atoms with E-state index in [4.69, 9.17) is 17.3 Å². The molecule has 2 N–H and O–H groups in total. The highest BCUT2D eigenvalue weighted by Gasteiger charge is 2.06. The van der Waals surface area contributed by atoms with Crippen LogP contribution < -0.4 is 5.73 Å². The Morgan fingerprint density at radius 1 is 1.28 bits per heavy atom. The van der Waals surface area contributed by atoms with Gasteiger partial charge in [0.1, 0.15) is 5.82 Å². The van der Waals surface area contributed by atoms with Crippen molar-refractivity contribution in [3.63, 3.8) is 0 Å². The van der Waals surface area contributed by atoms with Crippen LogP contribution in [0.15, 0.2) is 41.3 Å². The summed E-state index contributed by atoms with van der Waals surface area (Å²) in [7, 11) is 0. The minimum Gasteiger partial charge on any atom is -0.398 e. The number of nitrogen functional groups attached to an aromatic ring is 1. The quantitative estimate of drug-likeness (QED) is 0.654. The first-order chi connectivity index (χ1) is 8.58. The van der Waals surface area contributed by atoms with Gasteiger partial charge in [-0.2, -0.15) is 0 Å². The molecule has 1 nitrogen and oxygen atoms in total. The molecule has 0 aromatic heterocycles. The average Bonchev–Trinajstić information content (AvgIpc) is 2.35. The topological polar surface area (TPSA) is 26.0 Å². The number of para-hydroxylation sites is 1. The summed E-state index contributed by atoms with van der Waals surface area (Å²) >= 11 is 7.37. The maximum Gasteiger partial charge on any atom is 0.127 e. The molecule has 94 valence electrons. The van der Waals surface area contributed by atoms with Crippen LogP contribution in [0.3, 0.4) is 0 Å². The van der Waals surface area contributed by atoms with Crippen LogP contribution in [-0.4, -0.2) is 0 Å². The second-order valence-electron chi connectivity index (χ2n) is 4.01. The number of hydrogen-bond acceptors (Lipinski definition) is 2. The molecule has 4 heteroatoms. The Bertz CT molecular complexity index is 570. The van der Waals surface area contributed by atoms with Gasteiger partial charge < -0.3 is 5.73 Å². The summed E-state index contributed by atoms with van der Waals surface area (Å²) in [6.07, 6.45) is 0. The summed E-state index contributed by atoms with van der Waals surface area (Å²) in [5, 5.41) is 0.546. The fraction of sp³-hybridized carbons (Fsp3) is 0.143. The summed E-state index contributed by atoms with van der Waals surface area (Å²) in [5.74, 6) is 0.276. The zero-order valence-electron chi connectivity index (χ0n) is 9.91. The van der Waals surface area contributed by atoms with E-state index in [0.29, 0.717) is 16.3 Å². The lowest BCUT2D eigenvalue weighted by Crippen LogP contribution is -1.93. The van der Waals surface area contributed by atoms with Gasteiger partial charge in [0.15, 0.2) is 0 Å². The number of rotatable bonds is 3. The Morgan fingerprint density at radius 2 is 2.06 bits per heavy atom. The summed E-state index contributed by atoms with van der Waals surface area (Å²) in [6, 6.07) is 10.4. The molecule has 0 aliphatic heterocycles. The van der Waals surface area contributed by atoms with Crippen molar-refractivity contribution in [3.8, 4) is 0 Å². The molecule has 0 saturated carbocycles. The van der Waals surface area contributed by atoms with Crippen LogP contribution >= 0.6 is 23.4 Å². The van der Waals surface area contributed by atoms with E-state index in [1.807, 2.05) is 25.1 Å². The molecule has 2 aromatic rings. The molecule has 0 fully saturated rings. The van der Waals surface area contributed by atoms with Gasteiger partial charge in [0.25, 0.3) is 0 Å². The van der Waals surface area contributed by atoms with Gasteiger partial charge >= 0.3 is 0 Å². The van der Waals surface area contributed by atoms with Crippen LogP contribution in [0, 0.1) is 12.7 Å². The molecule has 0 amide bonds. The summed E-state index contributed by atoms with van der Waals surface area (Å²) < 4.78 is 13.5.